The largest absolute Gasteiger partial charge is 0.384 e. The zero-order chi connectivity index (χ0) is 13.9. The smallest absolute Gasteiger partial charge is 0.138 e. The topological polar surface area (TPSA) is 89.7 Å². The lowest BCUT2D eigenvalue weighted by Crippen LogP contribution is -2.05. The molecule has 0 aliphatic rings. The average Bonchev–Trinajstić information content (AvgIpc) is 2.80. The summed E-state index contributed by atoms with van der Waals surface area (Å²) in [6.07, 6.45) is 0.510. The summed E-state index contributed by atoms with van der Waals surface area (Å²) < 4.78 is 5.07. The van der Waals surface area contributed by atoms with Gasteiger partial charge in [-0.15, -0.1) is 0 Å². The van der Waals surface area contributed by atoms with Crippen molar-refractivity contribution in [2.24, 2.45) is 0 Å². The molecule has 3 aromatic rings. The minimum atomic E-state index is 0.417. The van der Waals surface area contributed by atoms with Gasteiger partial charge in [0, 0.05) is 13.2 Å². The highest BCUT2D eigenvalue weighted by molar-refractivity contribution is 5.74. The van der Waals surface area contributed by atoms with Gasteiger partial charge in [-0.25, -0.2) is 15.0 Å². The number of imidazole rings is 1. The van der Waals surface area contributed by atoms with Crippen molar-refractivity contribution in [2.75, 3.05) is 12.8 Å². The molecule has 3 rings (SSSR count). The van der Waals surface area contributed by atoms with Crippen LogP contribution in [0.4, 0.5) is 5.82 Å². The number of ether oxygens (including phenoxy) is 1. The molecule has 20 heavy (non-hydrogen) atoms. The number of rotatable bonds is 4. The molecule has 0 saturated heterocycles. The lowest BCUT2D eigenvalue weighted by Gasteiger charge is -2.03. The van der Waals surface area contributed by atoms with Crippen LogP contribution >= 0.6 is 0 Å². The Bertz CT molecular complexity index is 704. The summed E-state index contributed by atoms with van der Waals surface area (Å²) in [5.41, 5.74) is 8.49. The Morgan fingerprint density at radius 2 is 2.05 bits per heavy atom. The van der Waals surface area contributed by atoms with Gasteiger partial charge in [0.15, 0.2) is 0 Å². The van der Waals surface area contributed by atoms with E-state index < -0.39 is 0 Å². The molecule has 1 aromatic carbocycles. The van der Waals surface area contributed by atoms with Gasteiger partial charge in [-0.1, -0.05) is 12.1 Å². The van der Waals surface area contributed by atoms with Crippen molar-refractivity contribution < 1.29 is 4.74 Å². The van der Waals surface area contributed by atoms with Crippen LogP contribution in [0.2, 0.25) is 0 Å². The van der Waals surface area contributed by atoms with E-state index in [0.717, 1.165) is 22.6 Å². The Labute approximate surface area is 116 Å². The summed E-state index contributed by atoms with van der Waals surface area (Å²) in [5.74, 6) is 1.90. The van der Waals surface area contributed by atoms with Crippen molar-refractivity contribution in [2.45, 2.75) is 13.0 Å². The third-order valence-electron chi connectivity index (χ3n) is 2.90. The van der Waals surface area contributed by atoms with Crippen molar-refractivity contribution >= 4 is 16.9 Å². The molecule has 0 unspecified atom stereocenters. The Morgan fingerprint density at radius 3 is 2.85 bits per heavy atom. The molecule has 0 aliphatic carbocycles. The van der Waals surface area contributed by atoms with E-state index in [0.29, 0.717) is 24.7 Å². The maximum absolute atomic E-state index is 5.78. The molecule has 0 aliphatic heterocycles. The fraction of sp³-hybridized carbons (Fsp3) is 0.214. The Hall–Kier alpha value is -2.47. The first-order valence-corrected chi connectivity index (χ1v) is 6.29. The molecule has 0 bridgehead atoms. The predicted molar refractivity (Wildman–Crippen MR) is 76.1 cm³/mol. The van der Waals surface area contributed by atoms with E-state index in [1.165, 1.54) is 0 Å². The second kappa shape index (κ2) is 5.26. The van der Waals surface area contributed by atoms with Gasteiger partial charge in [-0.2, -0.15) is 0 Å². The summed E-state index contributed by atoms with van der Waals surface area (Å²) in [4.78, 5) is 16.4. The standard InChI is InChI=1S/C14H15N5O/c1-20-8-9-6-12(15)19-13(16-9)7-14-17-10-4-2-3-5-11(10)18-14/h2-6H,7-8H2,1H3,(H,17,18)(H2,15,16,19). The number of benzene rings is 1. The summed E-state index contributed by atoms with van der Waals surface area (Å²) >= 11 is 0. The van der Waals surface area contributed by atoms with Crippen molar-refractivity contribution in [3.05, 3.63) is 47.7 Å². The van der Waals surface area contributed by atoms with Crippen LogP contribution in [0.25, 0.3) is 11.0 Å². The number of hydrogen-bond acceptors (Lipinski definition) is 5. The van der Waals surface area contributed by atoms with Crippen molar-refractivity contribution in [3.8, 4) is 0 Å². The van der Waals surface area contributed by atoms with Crippen LogP contribution in [0.5, 0.6) is 0 Å². The molecule has 3 N–H and O–H groups in total. The quantitative estimate of drug-likeness (QED) is 0.752. The number of aromatic nitrogens is 4. The number of aromatic amines is 1. The van der Waals surface area contributed by atoms with E-state index in [-0.39, 0.29) is 0 Å². The Balaban J connectivity index is 1.90. The number of H-pyrrole nitrogens is 1. The summed E-state index contributed by atoms with van der Waals surface area (Å²) in [5, 5.41) is 0. The number of fused-ring (bicyclic) bond motifs is 1. The molecule has 102 valence electrons. The summed E-state index contributed by atoms with van der Waals surface area (Å²) in [6, 6.07) is 9.60. The third-order valence-corrected chi connectivity index (χ3v) is 2.90. The normalized spacial score (nSPS) is 11.1. The molecule has 2 aromatic heterocycles. The molecule has 2 heterocycles. The summed E-state index contributed by atoms with van der Waals surface area (Å²) in [7, 11) is 1.62. The van der Waals surface area contributed by atoms with E-state index in [1.807, 2.05) is 24.3 Å². The van der Waals surface area contributed by atoms with Crippen LogP contribution in [-0.2, 0) is 17.8 Å². The van der Waals surface area contributed by atoms with Crippen molar-refractivity contribution in [1.82, 2.24) is 19.9 Å². The number of para-hydroxylation sites is 2. The first-order valence-electron chi connectivity index (χ1n) is 6.29. The molecule has 6 nitrogen and oxygen atoms in total. The predicted octanol–water partition coefficient (Wildman–Crippen LogP) is 1.67. The molecule has 0 radical (unpaired) electrons. The van der Waals surface area contributed by atoms with Gasteiger partial charge in [-0.3, -0.25) is 0 Å². The molecule has 0 atom stereocenters. The lowest BCUT2D eigenvalue weighted by atomic mass is 10.3. The minimum absolute atomic E-state index is 0.417. The number of anilines is 1. The molecule has 0 fully saturated rings. The van der Waals surface area contributed by atoms with Gasteiger partial charge in [0.1, 0.15) is 17.5 Å². The van der Waals surface area contributed by atoms with Crippen molar-refractivity contribution in [1.29, 1.82) is 0 Å². The van der Waals surface area contributed by atoms with Crippen LogP contribution in [-0.4, -0.2) is 27.0 Å². The number of nitrogen functional groups attached to an aromatic ring is 1. The fourth-order valence-corrected chi connectivity index (χ4v) is 2.12. The zero-order valence-corrected chi connectivity index (χ0v) is 11.1. The molecule has 6 heteroatoms. The SMILES string of the molecule is COCc1cc(N)nc(Cc2nc3ccccc3[nH]2)n1. The van der Waals surface area contributed by atoms with E-state index in [4.69, 9.17) is 10.5 Å². The van der Waals surface area contributed by atoms with Crippen LogP contribution in [0, 0.1) is 0 Å². The van der Waals surface area contributed by atoms with E-state index >= 15 is 0 Å². The third kappa shape index (κ3) is 2.60. The Morgan fingerprint density at radius 1 is 1.20 bits per heavy atom. The van der Waals surface area contributed by atoms with E-state index in [9.17, 15) is 0 Å². The second-order valence-electron chi connectivity index (χ2n) is 4.51. The highest BCUT2D eigenvalue weighted by atomic mass is 16.5. The molecular formula is C14H15N5O. The van der Waals surface area contributed by atoms with E-state index in [2.05, 4.69) is 19.9 Å². The molecular weight excluding hydrogens is 254 g/mol. The van der Waals surface area contributed by atoms with Crippen LogP contribution in [0.15, 0.2) is 30.3 Å². The second-order valence-corrected chi connectivity index (χ2v) is 4.51. The number of nitrogens with one attached hydrogen (secondary N) is 1. The average molecular weight is 269 g/mol. The zero-order valence-electron chi connectivity index (χ0n) is 11.1. The number of nitrogens with two attached hydrogens (primary N) is 1. The van der Waals surface area contributed by atoms with Crippen LogP contribution in [0.3, 0.4) is 0 Å². The highest BCUT2D eigenvalue weighted by Crippen LogP contribution is 2.13. The molecule has 0 spiro atoms. The van der Waals surface area contributed by atoms with Gasteiger partial charge in [-0.05, 0) is 12.1 Å². The Kier molecular flexibility index (Phi) is 3.30. The first kappa shape index (κ1) is 12.6. The fourth-order valence-electron chi connectivity index (χ4n) is 2.12. The first-order chi connectivity index (χ1) is 9.74. The van der Waals surface area contributed by atoms with E-state index in [1.54, 1.807) is 13.2 Å². The lowest BCUT2D eigenvalue weighted by molar-refractivity contribution is 0.181. The van der Waals surface area contributed by atoms with Gasteiger partial charge in [0.2, 0.25) is 0 Å². The number of nitrogens with zero attached hydrogens (tertiary/aromatic N) is 3. The van der Waals surface area contributed by atoms with Crippen molar-refractivity contribution in [3.63, 3.8) is 0 Å². The van der Waals surface area contributed by atoms with Gasteiger partial charge in [0.05, 0.1) is 29.8 Å². The minimum Gasteiger partial charge on any atom is -0.384 e. The van der Waals surface area contributed by atoms with Crippen LogP contribution in [0.1, 0.15) is 17.3 Å². The maximum Gasteiger partial charge on any atom is 0.138 e. The summed E-state index contributed by atoms with van der Waals surface area (Å²) in [6.45, 7) is 0.417. The highest BCUT2D eigenvalue weighted by Gasteiger charge is 2.07. The van der Waals surface area contributed by atoms with Crippen LogP contribution < -0.4 is 5.73 Å². The number of methoxy groups -OCH3 is 1. The molecule has 0 saturated carbocycles. The van der Waals surface area contributed by atoms with Gasteiger partial charge in [0.25, 0.3) is 0 Å². The monoisotopic (exact) mass is 269 g/mol. The van der Waals surface area contributed by atoms with Gasteiger partial charge < -0.3 is 15.5 Å². The molecule has 0 amide bonds. The van der Waals surface area contributed by atoms with Gasteiger partial charge >= 0.3 is 0 Å². The number of hydrogen-bond donors (Lipinski definition) is 2. The maximum atomic E-state index is 5.78.